The fourth-order valence-corrected chi connectivity index (χ4v) is 4.28. The molecule has 160 valence electrons. The summed E-state index contributed by atoms with van der Waals surface area (Å²) in [4.78, 5) is 14.4. The van der Waals surface area contributed by atoms with Gasteiger partial charge < -0.3 is 19.5 Å². The zero-order valence-corrected chi connectivity index (χ0v) is 17.3. The molecule has 0 aliphatic carbocycles. The van der Waals surface area contributed by atoms with Gasteiger partial charge in [-0.25, -0.2) is 4.39 Å². The second kappa shape index (κ2) is 8.03. The minimum atomic E-state index is -0.283. The van der Waals surface area contributed by atoms with Gasteiger partial charge in [0.2, 0.25) is 0 Å². The van der Waals surface area contributed by atoms with Crippen LogP contribution in [-0.4, -0.2) is 39.1 Å². The van der Waals surface area contributed by atoms with Gasteiger partial charge in [0.1, 0.15) is 11.6 Å². The van der Waals surface area contributed by atoms with Gasteiger partial charge in [0.15, 0.2) is 6.73 Å². The molecule has 3 aromatic rings. The van der Waals surface area contributed by atoms with E-state index in [-0.39, 0.29) is 24.7 Å². The fraction of sp³-hybridized carbons (Fsp3) is 0.304. The lowest BCUT2D eigenvalue weighted by molar-refractivity contribution is 0.172. The SMILES string of the molecule is Cn1c2c(c3ccc(-n4ncc(OCN5C=CC=C(F)C5)cc4=O)cc31)CNCCC2. The zero-order valence-electron chi connectivity index (χ0n) is 17.3. The Morgan fingerprint density at radius 2 is 2.19 bits per heavy atom. The van der Waals surface area contributed by atoms with Gasteiger partial charge >= 0.3 is 0 Å². The summed E-state index contributed by atoms with van der Waals surface area (Å²) in [6, 6.07) is 7.41. The van der Waals surface area contributed by atoms with Crippen molar-refractivity contribution in [3.8, 4) is 11.4 Å². The molecule has 0 saturated heterocycles. The number of allylic oxidation sites excluding steroid dienone is 2. The number of aryl methyl sites for hydroxylation is 1. The molecule has 0 radical (unpaired) electrons. The van der Waals surface area contributed by atoms with Gasteiger partial charge in [0.05, 0.1) is 23.9 Å². The molecule has 31 heavy (non-hydrogen) atoms. The number of halogens is 1. The maximum Gasteiger partial charge on any atom is 0.275 e. The highest BCUT2D eigenvalue weighted by Gasteiger charge is 2.18. The molecular weight excluding hydrogens is 397 g/mol. The number of benzene rings is 1. The van der Waals surface area contributed by atoms with E-state index in [9.17, 15) is 9.18 Å². The summed E-state index contributed by atoms with van der Waals surface area (Å²) in [5.41, 5.74) is 4.20. The van der Waals surface area contributed by atoms with Crippen molar-refractivity contribution in [1.82, 2.24) is 24.6 Å². The number of ether oxygens (including phenoxy) is 1. The molecule has 0 atom stereocenters. The molecule has 8 heteroatoms. The number of rotatable bonds is 4. The molecular formula is C23H24FN5O2. The summed E-state index contributed by atoms with van der Waals surface area (Å²) in [5, 5.41) is 8.99. The molecule has 7 nitrogen and oxygen atoms in total. The smallest absolute Gasteiger partial charge is 0.275 e. The van der Waals surface area contributed by atoms with Crippen LogP contribution in [0.15, 0.2) is 59.4 Å². The molecule has 4 heterocycles. The largest absolute Gasteiger partial charge is 0.471 e. The van der Waals surface area contributed by atoms with Crippen LogP contribution in [0.1, 0.15) is 17.7 Å². The third-order valence-corrected chi connectivity index (χ3v) is 5.83. The van der Waals surface area contributed by atoms with Crippen LogP contribution in [0.2, 0.25) is 0 Å². The lowest BCUT2D eigenvalue weighted by Gasteiger charge is -2.21. The number of nitrogens with zero attached hydrogens (tertiary/aromatic N) is 4. The molecule has 5 rings (SSSR count). The average Bonchev–Trinajstić information content (AvgIpc) is 2.92. The van der Waals surface area contributed by atoms with Crippen molar-refractivity contribution in [2.24, 2.45) is 7.05 Å². The molecule has 0 unspecified atom stereocenters. The molecule has 0 bridgehead atoms. The molecule has 0 fully saturated rings. The summed E-state index contributed by atoms with van der Waals surface area (Å²) in [6.45, 7) is 2.18. The van der Waals surface area contributed by atoms with Crippen molar-refractivity contribution in [3.63, 3.8) is 0 Å². The van der Waals surface area contributed by atoms with Crippen LogP contribution in [0.5, 0.6) is 5.75 Å². The Balaban J connectivity index is 1.40. The van der Waals surface area contributed by atoms with E-state index in [0.717, 1.165) is 31.4 Å². The predicted molar refractivity (Wildman–Crippen MR) is 117 cm³/mol. The van der Waals surface area contributed by atoms with E-state index in [1.165, 1.54) is 39.7 Å². The Labute approximate surface area is 179 Å². The molecule has 2 aromatic heterocycles. The Bertz CT molecular complexity index is 1260. The van der Waals surface area contributed by atoms with Crippen LogP contribution in [0.3, 0.4) is 0 Å². The lowest BCUT2D eigenvalue weighted by atomic mass is 10.1. The van der Waals surface area contributed by atoms with E-state index in [2.05, 4.69) is 28.1 Å². The van der Waals surface area contributed by atoms with E-state index in [0.29, 0.717) is 11.4 Å². The standard InChI is InChI=1S/C23H24FN5O2/c1-27-21-5-2-8-25-13-20(21)19-7-6-17(10-22(19)27)29-23(30)11-18(12-26-29)31-15-28-9-3-4-16(24)14-28/h3-4,6-7,9-12,25H,2,5,8,13-15H2,1H3. The second-order valence-corrected chi connectivity index (χ2v) is 7.88. The topological polar surface area (TPSA) is 64.3 Å². The third kappa shape index (κ3) is 3.74. The number of fused-ring (bicyclic) bond motifs is 3. The second-order valence-electron chi connectivity index (χ2n) is 7.88. The minimum Gasteiger partial charge on any atom is -0.471 e. The zero-order chi connectivity index (χ0) is 21.4. The summed E-state index contributed by atoms with van der Waals surface area (Å²) in [6.07, 6.45) is 8.44. The van der Waals surface area contributed by atoms with Crippen LogP contribution in [0.4, 0.5) is 4.39 Å². The number of nitrogens with one attached hydrogen (secondary N) is 1. The number of hydrogen-bond acceptors (Lipinski definition) is 5. The molecule has 2 aliphatic heterocycles. The summed E-state index contributed by atoms with van der Waals surface area (Å²) in [5.74, 6) is 0.117. The first kappa shape index (κ1) is 19.6. The first-order valence-corrected chi connectivity index (χ1v) is 10.4. The Kier molecular flexibility index (Phi) is 5.07. The van der Waals surface area contributed by atoms with E-state index in [4.69, 9.17) is 4.74 Å². The first-order chi connectivity index (χ1) is 15.1. The van der Waals surface area contributed by atoms with Crippen molar-refractivity contribution in [2.45, 2.75) is 19.4 Å². The number of hydrogen-bond donors (Lipinski definition) is 1. The van der Waals surface area contributed by atoms with Gasteiger partial charge in [0, 0.05) is 36.9 Å². The molecule has 0 spiro atoms. The number of aromatic nitrogens is 3. The van der Waals surface area contributed by atoms with Gasteiger partial charge in [-0.05, 0) is 49.2 Å². The van der Waals surface area contributed by atoms with Gasteiger partial charge in [-0.2, -0.15) is 9.78 Å². The van der Waals surface area contributed by atoms with Crippen LogP contribution in [-0.2, 0) is 20.0 Å². The highest BCUT2D eigenvalue weighted by molar-refractivity contribution is 5.87. The minimum absolute atomic E-state index is 0.137. The van der Waals surface area contributed by atoms with Crippen molar-refractivity contribution < 1.29 is 9.13 Å². The normalized spacial score (nSPS) is 16.2. The Morgan fingerprint density at radius 3 is 3.03 bits per heavy atom. The van der Waals surface area contributed by atoms with Crippen molar-refractivity contribution >= 4 is 10.9 Å². The monoisotopic (exact) mass is 421 g/mol. The van der Waals surface area contributed by atoms with Crippen LogP contribution >= 0.6 is 0 Å². The van der Waals surface area contributed by atoms with E-state index >= 15 is 0 Å². The van der Waals surface area contributed by atoms with E-state index < -0.39 is 0 Å². The third-order valence-electron chi connectivity index (χ3n) is 5.83. The van der Waals surface area contributed by atoms with Crippen LogP contribution in [0.25, 0.3) is 16.6 Å². The summed E-state index contributed by atoms with van der Waals surface area (Å²) >= 11 is 0. The molecule has 1 aromatic carbocycles. The highest BCUT2D eigenvalue weighted by Crippen LogP contribution is 2.29. The maximum absolute atomic E-state index is 13.3. The van der Waals surface area contributed by atoms with Crippen molar-refractivity contribution in [1.29, 1.82) is 0 Å². The van der Waals surface area contributed by atoms with Gasteiger partial charge in [-0.1, -0.05) is 6.07 Å². The quantitative estimate of drug-likeness (QED) is 0.702. The average molecular weight is 421 g/mol. The van der Waals surface area contributed by atoms with E-state index in [1.807, 2.05) is 12.1 Å². The van der Waals surface area contributed by atoms with Crippen LogP contribution in [0, 0.1) is 0 Å². The Morgan fingerprint density at radius 1 is 1.29 bits per heavy atom. The van der Waals surface area contributed by atoms with Gasteiger partial charge in [-0.3, -0.25) is 4.79 Å². The van der Waals surface area contributed by atoms with Crippen molar-refractivity contribution in [2.75, 3.05) is 19.8 Å². The molecule has 0 amide bonds. The summed E-state index contributed by atoms with van der Waals surface area (Å²) < 4.78 is 22.5. The molecule has 0 saturated carbocycles. The van der Waals surface area contributed by atoms with Crippen LogP contribution < -0.4 is 15.6 Å². The molecule has 1 N–H and O–H groups in total. The Hall–Kier alpha value is -3.39. The van der Waals surface area contributed by atoms with E-state index in [1.54, 1.807) is 17.2 Å². The predicted octanol–water partition coefficient (Wildman–Crippen LogP) is 2.78. The summed E-state index contributed by atoms with van der Waals surface area (Å²) in [7, 11) is 2.08. The van der Waals surface area contributed by atoms with Gasteiger partial charge in [-0.15, -0.1) is 0 Å². The maximum atomic E-state index is 13.3. The first-order valence-electron chi connectivity index (χ1n) is 10.4. The van der Waals surface area contributed by atoms with Crippen molar-refractivity contribution in [3.05, 3.63) is 76.3 Å². The highest BCUT2D eigenvalue weighted by atomic mass is 19.1. The lowest BCUT2D eigenvalue weighted by Crippen LogP contribution is -2.27. The molecule has 2 aliphatic rings. The van der Waals surface area contributed by atoms with Gasteiger partial charge in [0.25, 0.3) is 5.56 Å². The fourth-order valence-electron chi connectivity index (χ4n) is 4.28.